The van der Waals surface area contributed by atoms with Crippen molar-refractivity contribution in [3.63, 3.8) is 0 Å². The number of allylic oxidation sites excluding steroid dienone is 1. The maximum atomic E-state index is 12.9. The van der Waals surface area contributed by atoms with Crippen molar-refractivity contribution in [3.8, 4) is 0 Å². The maximum absolute atomic E-state index is 12.9. The molecule has 1 aromatic carbocycles. The molecular weight excluding hydrogens is 1340 g/mol. The second kappa shape index (κ2) is 47.1. The molecule has 8 rings (SSSR count). The molecule has 1 saturated heterocycles. The number of nitrogen functional groups attached to an aromatic ring is 1. The first-order valence-corrected chi connectivity index (χ1v) is 40.5. The lowest BCUT2D eigenvalue weighted by Gasteiger charge is -2.58. The van der Waals surface area contributed by atoms with Crippen LogP contribution in [0.1, 0.15) is 156 Å². The van der Waals surface area contributed by atoms with Gasteiger partial charge >= 0.3 is 6.09 Å². The Labute approximate surface area is 628 Å². The Kier molecular flexibility index (Phi) is 38.7. The van der Waals surface area contributed by atoms with Gasteiger partial charge in [0.25, 0.3) is 0 Å². The fraction of sp³-hybridized carbons (Fsp3) is 0.827. The number of benzene rings is 1. The van der Waals surface area contributed by atoms with Gasteiger partial charge < -0.3 is 92.3 Å². The Hall–Kier alpha value is -4.22. The number of ether oxygens (including phenoxy) is 13. The molecule has 5 N–H and O–H groups in total. The summed E-state index contributed by atoms with van der Waals surface area (Å²) in [6.45, 7) is 32.1. The molecule has 0 unspecified atom stereocenters. The molecule has 24 heteroatoms. The summed E-state index contributed by atoms with van der Waals surface area (Å²) in [5, 5.41) is 24.2. The van der Waals surface area contributed by atoms with Gasteiger partial charge in [0.1, 0.15) is 17.4 Å². The summed E-state index contributed by atoms with van der Waals surface area (Å²) in [6.07, 6.45) is 21.0. The minimum Gasteiger partial charge on any atom is -0.446 e. The van der Waals surface area contributed by atoms with Crippen molar-refractivity contribution in [2.75, 3.05) is 217 Å². The fourth-order valence-electron chi connectivity index (χ4n) is 17.1. The zero-order valence-electron chi connectivity index (χ0n) is 65.5. The number of piperazine rings is 1. The molecule has 105 heavy (non-hydrogen) atoms. The van der Waals surface area contributed by atoms with Crippen LogP contribution in [0.15, 0.2) is 29.8 Å². The second-order valence-corrected chi connectivity index (χ2v) is 31.3. The predicted octanol–water partition coefficient (Wildman–Crippen LogP) is 10.3. The normalized spacial score (nSPS) is 22.4. The number of rotatable bonds is 56. The molecule has 0 bridgehead atoms. The molecule has 598 valence electrons. The van der Waals surface area contributed by atoms with Crippen LogP contribution in [0.2, 0.25) is 0 Å². The van der Waals surface area contributed by atoms with E-state index >= 15 is 0 Å². The topological polar surface area (TPSA) is 270 Å². The number of aliphatic hydroxyl groups is 2. The zero-order chi connectivity index (χ0) is 74.5. The molecule has 5 aliphatic rings. The number of fused-ring (bicyclic) bond motifs is 8. The lowest BCUT2D eigenvalue weighted by Crippen LogP contribution is -2.51. The van der Waals surface area contributed by atoms with Crippen molar-refractivity contribution < 1.29 is 81.4 Å². The summed E-state index contributed by atoms with van der Waals surface area (Å²) in [7, 11) is 0. The van der Waals surface area contributed by atoms with E-state index in [0.717, 1.165) is 129 Å². The number of amides is 2. The van der Waals surface area contributed by atoms with Crippen molar-refractivity contribution in [2.45, 2.75) is 170 Å². The van der Waals surface area contributed by atoms with Crippen molar-refractivity contribution in [3.05, 3.63) is 41.2 Å². The Bertz CT molecular complexity index is 2960. The van der Waals surface area contributed by atoms with Crippen LogP contribution >= 0.6 is 0 Å². The number of alkyl carbamates (subject to hydrolysis) is 1. The van der Waals surface area contributed by atoms with Crippen LogP contribution in [-0.4, -0.2) is 264 Å². The lowest BCUT2D eigenvalue weighted by molar-refractivity contribution is -0.134. The molecule has 8 atom stereocenters. The van der Waals surface area contributed by atoms with Gasteiger partial charge in [-0.15, -0.1) is 0 Å². The van der Waals surface area contributed by atoms with Gasteiger partial charge in [0.05, 0.1) is 189 Å². The van der Waals surface area contributed by atoms with Gasteiger partial charge in [-0.2, -0.15) is 0 Å². The van der Waals surface area contributed by atoms with Crippen LogP contribution in [0.25, 0.3) is 21.9 Å². The van der Waals surface area contributed by atoms with E-state index in [0.29, 0.717) is 208 Å². The summed E-state index contributed by atoms with van der Waals surface area (Å²) < 4.78 is 75.4. The molecule has 3 heterocycles. The highest BCUT2D eigenvalue weighted by atomic mass is 16.6. The highest BCUT2D eigenvalue weighted by Crippen LogP contribution is 2.67. The third kappa shape index (κ3) is 27.6. The van der Waals surface area contributed by atoms with Crippen molar-refractivity contribution in [1.29, 1.82) is 0 Å². The Balaban J connectivity index is 0.498. The Morgan fingerprint density at radius 1 is 0.648 bits per heavy atom. The van der Waals surface area contributed by atoms with Gasteiger partial charge in [0.15, 0.2) is 5.82 Å². The van der Waals surface area contributed by atoms with Crippen LogP contribution < -0.4 is 11.1 Å². The summed E-state index contributed by atoms with van der Waals surface area (Å²) in [6, 6.07) is 6.38. The first-order valence-electron chi connectivity index (χ1n) is 40.5. The molecule has 2 aromatic heterocycles. The van der Waals surface area contributed by atoms with Gasteiger partial charge in [-0.25, -0.2) is 14.8 Å². The van der Waals surface area contributed by atoms with Gasteiger partial charge in [0.2, 0.25) is 5.91 Å². The Morgan fingerprint density at radius 3 is 1.74 bits per heavy atom. The van der Waals surface area contributed by atoms with Crippen LogP contribution in [0.5, 0.6) is 0 Å². The number of nitrogens with one attached hydrogen (secondary N) is 1. The third-order valence-electron chi connectivity index (χ3n) is 23.2. The van der Waals surface area contributed by atoms with Gasteiger partial charge in [-0.3, -0.25) is 9.69 Å². The van der Waals surface area contributed by atoms with Crippen molar-refractivity contribution >= 4 is 39.8 Å². The molecule has 0 radical (unpaired) electrons. The number of nitrogens with two attached hydrogens (primary N) is 1. The molecule has 4 fully saturated rings. The number of nitrogens with zero attached hydrogens (tertiary/aromatic N) is 5. The largest absolute Gasteiger partial charge is 0.446 e. The van der Waals surface area contributed by atoms with E-state index in [1.165, 1.54) is 56.9 Å². The lowest BCUT2D eigenvalue weighted by atomic mass is 9.47. The highest BCUT2D eigenvalue weighted by Gasteiger charge is 2.59. The highest BCUT2D eigenvalue weighted by molar-refractivity contribution is 6.06. The molecule has 0 spiro atoms. The number of hydrogen-bond donors (Lipinski definition) is 4. The second-order valence-electron chi connectivity index (χ2n) is 31.3. The van der Waals surface area contributed by atoms with E-state index in [2.05, 4.69) is 80.6 Å². The van der Waals surface area contributed by atoms with E-state index in [1.807, 2.05) is 11.8 Å². The van der Waals surface area contributed by atoms with E-state index in [1.54, 1.807) is 5.57 Å². The number of carbonyl (C=O) groups is 2. The molecule has 3 saturated carbocycles. The number of pyridine rings is 1. The summed E-state index contributed by atoms with van der Waals surface area (Å²) in [4.78, 5) is 39.8. The number of unbranched alkanes of at least 4 members (excludes halogenated alkanes) is 1. The van der Waals surface area contributed by atoms with E-state index in [9.17, 15) is 19.8 Å². The fourth-order valence-corrected chi connectivity index (χ4v) is 17.1. The van der Waals surface area contributed by atoms with E-state index in [-0.39, 0.29) is 36.7 Å². The molecule has 3 aromatic rings. The molecule has 1 aliphatic heterocycles. The minimum atomic E-state index is -0.710. The maximum Gasteiger partial charge on any atom is 0.407 e. The summed E-state index contributed by atoms with van der Waals surface area (Å²) in [5.41, 5.74) is 11.7. The number of aliphatic hydroxyl groups excluding tert-OH is 2. The van der Waals surface area contributed by atoms with E-state index < -0.39 is 5.41 Å². The third-order valence-corrected chi connectivity index (χ3v) is 23.2. The number of imidazole rings is 1. The first kappa shape index (κ1) is 86.4. The predicted molar refractivity (Wildman–Crippen MR) is 407 cm³/mol. The quantitative estimate of drug-likeness (QED) is 0.0302. The SMILES string of the molecule is CCCCc1nc2c(N)nc3cc(CCCN4CCN(C(=O)CCOCCOCCOCCOCCOCCOCCOCCOCCOCCOCCOCCOCCNC(=O)O[C@H]5CC[C@@]6(C)C(=CC[C@H]7[C@@H]8CC[C@H]([C@H](C)CCCC(C)C)[C@@]8(C)CC[C@@H]76)C5)CC4)ccc3c2n1CC(C)(CO)CO. The van der Waals surface area contributed by atoms with Crippen molar-refractivity contribution in [1.82, 2.24) is 29.7 Å². The standard InChI is InChI=1S/C81H137N7O17/c1-8-9-15-73-85-75-76(88(73)59-79(5,60-89)61-90)68-18-16-64(57-72(68)84-77(75)82)14-11-28-86-29-31-87(32-30-86)74(91)24-33-93-35-37-95-39-41-97-43-45-99-47-49-101-51-53-103-55-56-104-54-52-102-50-48-100-46-44-98-42-40-96-38-36-94-34-27-83-78(92)105-66-22-25-80(6)65(58-66)17-19-67-70-21-20-69(63(4)13-10-12-62(2)3)81(70,7)26-23-71(67)80/h16-18,57,62-63,66-67,69-71,89-90H,8-15,19-56,58-61H2,1-7H3,(H2,82,84)(H,83,92)/t63-,66+,67+,69-,70+,71+,80+,81-/m1/s1. The van der Waals surface area contributed by atoms with Crippen LogP contribution in [0.4, 0.5) is 10.6 Å². The number of carbonyl (C=O) groups excluding carboxylic acids is 2. The average molecular weight is 1480 g/mol. The van der Waals surface area contributed by atoms with Gasteiger partial charge in [-0.05, 0) is 129 Å². The number of aromatic nitrogens is 3. The summed E-state index contributed by atoms with van der Waals surface area (Å²) in [5.74, 6) is 6.32. The number of anilines is 1. The summed E-state index contributed by atoms with van der Waals surface area (Å²) >= 11 is 0. The van der Waals surface area contributed by atoms with E-state index in [4.69, 9.17) is 77.3 Å². The minimum absolute atomic E-state index is 0.0623. The van der Waals surface area contributed by atoms with Gasteiger partial charge in [0, 0.05) is 62.9 Å². The number of hydrogen-bond acceptors (Lipinski definition) is 21. The van der Waals surface area contributed by atoms with Crippen LogP contribution in [-0.2, 0) is 85.8 Å². The molecule has 4 aliphatic carbocycles. The van der Waals surface area contributed by atoms with Crippen LogP contribution in [0.3, 0.4) is 0 Å². The molecule has 24 nitrogen and oxygen atoms in total. The molecule has 2 amide bonds. The Morgan fingerprint density at radius 2 is 1.20 bits per heavy atom. The number of aryl methyl sites for hydroxylation is 2. The smallest absolute Gasteiger partial charge is 0.407 e. The average Bonchev–Trinajstić information content (AvgIpc) is 1.71. The molecular formula is C81H137N7O17. The monoisotopic (exact) mass is 1480 g/mol. The zero-order valence-corrected chi connectivity index (χ0v) is 65.5. The van der Waals surface area contributed by atoms with Crippen molar-refractivity contribution in [2.24, 2.45) is 51.8 Å². The van der Waals surface area contributed by atoms with Crippen LogP contribution in [0, 0.1) is 51.8 Å². The van der Waals surface area contributed by atoms with Gasteiger partial charge in [-0.1, -0.05) is 97.9 Å². The first-order chi connectivity index (χ1) is 51.1.